The van der Waals surface area contributed by atoms with Gasteiger partial charge in [0.15, 0.2) is 5.96 Å². The van der Waals surface area contributed by atoms with Crippen molar-refractivity contribution in [3.8, 4) is 0 Å². The van der Waals surface area contributed by atoms with E-state index in [9.17, 15) is 0 Å². The highest BCUT2D eigenvalue weighted by Gasteiger charge is 1.97. The lowest BCUT2D eigenvalue weighted by Gasteiger charge is -2.08. The number of aryl methyl sites for hydroxylation is 1. The fourth-order valence-electron chi connectivity index (χ4n) is 1.72. The van der Waals surface area contributed by atoms with Crippen LogP contribution < -0.4 is 16.4 Å². The minimum absolute atomic E-state index is 0. The summed E-state index contributed by atoms with van der Waals surface area (Å²) >= 11 is 0. The first-order chi connectivity index (χ1) is 9.75. The monoisotopic (exact) mass is 397 g/mol. The second kappa shape index (κ2) is 9.17. The van der Waals surface area contributed by atoms with Crippen molar-refractivity contribution in [1.82, 2.24) is 4.98 Å². The lowest BCUT2D eigenvalue weighted by Crippen LogP contribution is -2.24. The number of hydrogen-bond acceptors (Lipinski definition) is 3. The van der Waals surface area contributed by atoms with Gasteiger partial charge in [-0.05, 0) is 30.7 Å². The van der Waals surface area contributed by atoms with Crippen LogP contribution in [0.15, 0.2) is 53.7 Å². The van der Waals surface area contributed by atoms with Gasteiger partial charge in [0, 0.05) is 18.4 Å². The number of benzene rings is 1. The van der Waals surface area contributed by atoms with E-state index in [1.807, 2.05) is 49.4 Å². The van der Waals surface area contributed by atoms with Crippen molar-refractivity contribution in [3.05, 3.63) is 54.2 Å². The van der Waals surface area contributed by atoms with Crippen LogP contribution in [0, 0.1) is 6.92 Å². The van der Waals surface area contributed by atoms with Crippen molar-refractivity contribution in [2.75, 3.05) is 23.7 Å². The smallest absolute Gasteiger partial charge is 0.193 e. The highest BCUT2D eigenvalue weighted by atomic mass is 127. The van der Waals surface area contributed by atoms with Crippen molar-refractivity contribution in [2.24, 2.45) is 10.7 Å². The van der Waals surface area contributed by atoms with Crippen molar-refractivity contribution in [3.63, 3.8) is 0 Å². The van der Waals surface area contributed by atoms with Gasteiger partial charge in [0.05, 0.1) is 6.54 Å². The normalized spacial score (nSPS) is 10.6. The minimum atomic E-state index is 0. The Hall–Kier alpha value is -1.83. The third-order valence-corrected chi connectivity index (χ3v) is 2.77. The molecule has 5 nitrogen and oxygen atoms in total. The number of halogens is 1. The zero-order chi connectivity index (χ0) is 14.2. The van der Waals surface area contributed by atoms with Gasteiger partial charge >= 0.3 is 0 Å². The third-order valence-electron chi connectivity index (χ3n) is 2.77. The van der Waals surface area contributed by atoms with Crippen LogP contribution in [-0.2, 0) is 0 Å². The molecule has 0 radical (unpaired) electrons. The Balaban J connectivity index is 0.00000220. The molecule has 0 atom stereocenters. The quantitative estimate of drug-likeness (QED) is 0.314. The Morgan fingerprint density at radius 1 is 1.19 bits per heavy atom. The second-order valence-corrected chi connectivity index (χ2v) is 4.35. The standard InChI is InChI=1S/C15H19N5.HI/c1-12-6-2-3-7-13(12)20-15(16)19-11-10-18-14-8-4-5-9-17-14;/h2-9H,10-11H2,1H3,(H,17,18)(H3,16,19,20);1H. The Labute approximate surface area is 142 Å². The van der Waals surface area contributed by atoms with E-state index in [0.29, 0.717) is 19.0 Å². The van der Waals surface area contributed by atoms with E-state index in [-0.39, 0.29) is 24.0 Å². The Morgan fingerprint density at radius 2 is 1.95 bits per heavy atom. The third kappa shape index (κ3) is 5.99. The molecule has 0 unspecified atom stereocenters. The van der Waals surface area contributed by atoms with Gasteiger partial charge < -0.3 is 16.4 Å². The van der Waals surface area contributed by atoms with Gasteiger partial charge in [0.2, 0.25) is 0 Å². The lowest BCUT2D eigenvalue weighted by atomic mass is 10.2. The van der Waals surface area contributed by atoms with Gasteiger partial charge in [-0.15, -0.1) is 24.0 Å². The van der Waals surface area contributed by atoms with Crippen molar-refractivity contribution in [2.45, 2.75) is 6.92 Å². The summed E-state index contributed by atoms with van der Waals surface area (Å²) < 4.78 is 0. The molecule has 0 aliphatic heterocycles. The zero-order valence-corrected chi connectivity index (χ0v) is 14.2. The summed E-state index contributed by atoms with van der Waals surface area (Å²) in [7, 11) is 0. The van der Waals surface area contributed by atoms with Crippen molar-refractivity contribution >= 4 is 41.4 Å². The number of nitrogens with zero attached hydrogens (tertiary/aromatic N) is 2. The molecule has 0 saturated heterocycles. The molecule has 1 heterocycles. The van der Waals surface area contributed by atoms with Crippen LogP contribution in [0.1, 0.15) is 5.56 Å². The molecule has 0 spiro atoms. The van der Waals surface area contributed by atoms with Crippen molar-refractivity contribution < 1.29 is 0 Å². The van der Waals surface area contributed by atoms with Crippen LogP contribution in [0.3, 0.4) is 0 Å². The second-order valence-electron chi connectivity index (χ2n) is 4.35. The van der Waals surface area contributed by atoms with Crippen LogP contribution in [0.25, 0.3) is 0 Å². The predicted octanol–water partition coefficient (Wildman–Crippen LogP) is 2.85. The molecule has 6 heteroatoms. The first-order valence-electron chi connectivity index (χ1n) is 6.53. The molecule has 1 aromatic carbocycles. The summed E-state index contributed by atoms with van der Waals surface area (Å²) in [6.45, 7) is 3.30. The fraction of sp³-hybridized carbons (Fsp3) is 0.200. The molecule has 0 bridgehead atoms. The number of aromatic nitrogens is 1. The summed E-state index contributed by atoms with van der Waals surface area (Å²) in [4.78, 5) is 8.44. The molecule has 112 valence electrons. The molecule has 0 aliphatic rings. The summed E-state index contributed by atoms with van der Waals surface area (Å²) in [6.07, 6.45) is 1.75. The highest BCUT2D eigenvalue weighted by Crippen LogP contribution is 2.12. The van der Waals surface area contributed by atoms with Crippen LogP contribution in [0.4, 0.5) is 11.5 Å². The number of anilines is 2. The maximum Gasteiger partial charge on any atom is 0.193 e. The van der Waals surface area contributed by atoms with E-state index in [1.54, 1.807) is 6.20 Å². The van der Waals surface area contributed by atoms with Gasteiger partial charge in [-0.3, -0.25) is 4.99 Å². The summed E-state index contributed by atoms with van der Waals surface area (Å²) in [5, 5.41) is 6.27. The maximum atomic E-state index is 5.85. The van der Waals surface area contributed by atoms with E-state index in [2.05, 4.69) is 20.6 Å². The number of guanidine groups is 1. The van der Waals surface area contributed by atoms with E-state index >= 15 is 0 Å². The molecule has 0 fully saturated rings. The van der Waals surface area contributed by atoms with Gasteiger partial charge in [0.25, 0.3) is 0 Å². The van der Waals surface area contributed by atoms with E-state index in [0.717, 1.165) is 17.1 Å². The molecule has 2 aromatic rings. The average molecular weight is 397 g/mol. The van der Waals surface area contributed by atoms with E-state index < -0.39 is 0 Å². The largest absolute Gasteiger partial charge is 0.370 e. The average Bonchev–Trinajstić information content (AvgIpc) is 2.47. The first-order valence-corrected chi connectivity index (χ1v) is 6.53. The highest BCUT2D eigenvalue weighted by molar-refractivity contribution is 14.0. The summed E-state index contributed by atoms with van der Waals surface area (Å²) in [5.74, 6) is 1.26. The molecule has 0 amide bonds. The van der Waals surface area contributed by atoms with Crippen LogP contribution >= 0.6 is 24.0 Å². The number of pyridine rings is 1. The molecule has 0 aliphatic carbocycles. The number of hydrogen-bond donors (Lipinski definition) is 3. The van der Waals surface area contributed by atoms with Gasteiger partial charge in [-0.25, -0.2) is 4.98 Å². The SMILES string of the molecule is Cc1ccccc1NC(N)=NCCNc1ccccn1.I. The molecule has 0 saturated carbocycles. The number of aliphatic imine (C=N–C) groups is 1. The molecule has 21 heavy (non-hydrogen) atoms. The fourth-order valence-corrected chi connectivity index (χ4v) is 1.72. The molecule has 4 N–H and O–H groups in total. The minimum Gasteiger partial charge on any atom is -0.370 e. The maximum absolute atomic E-state index is 5.85. The predicted molar refractivity (Wildman–Crippen MR) is 99.4 cm³/mol. The Kier molecular flexibility index (Phi) is 7.52. The summed E-state index contributed by atoms with van der Waals surface area (Å²) in [6, 6.07) is 13.7. The van der Waals surface area contributed by atoms with Crippen LogP contribution in [-0.4, -0.2) is 24.0 Å². The Bertz CT molecular complexity index is 571. The Morgan fingerprint density at radius 3 is 2.67 bits per heavy atom. The number of para-hydroxylation sites is 1. The lowest BCUT2D eigenvalue weighted by molar-refractivity contribution is 1.01. The van der Waals surface area contributed by atoms with Gasteiger partial charge in [-0.1, -0.05) is 24.3 Å². The van der Waals surface area contributed by atoms with Crippen LogP contribution in [0.5, 0.6) is 0 Å². The zero-order valence-electron chi connectivity index (χ0n) is 11.9. The van der Waals surface area contributed by atoms with E-state index in [1.165, 1.54) is 0 Å². The van der Waals surface area contributed by atoms with E-state index in [4.69, 9.17) is 5.73 Å². The summed E-state index contributed by atoms with van der Waals surface area (Å²) in [5.41, 5.74) is 7.96. The molecular weight excluding hydrogens is 377 g/mol. The molecule has 2 rings (SSSR count). The van der Waals surface area contributed by atoms with Gasteiger partial charge in [0.1, 0.15) is 5.82 Å². The van der Waals surface area contributed by atoms with Crippen LogP contribution in [0.2, 0.25) is 0 Å². The van der Waals surface area contributed by atoms with Gasteiger partial charge in [-0.2, -0.15) is 0 Å². The topological polar surface area (TPSA) is 75.3 Å². The number of rotatable bonds is 5. The number of nitrogens with one attached hydrogen (secondary N) is 2. The molecular formula is C15H20IN5. The first kappa shape index (κ1) is 17.2. The van der Waals surface area contributed by atoms with Crippen molar-refractivity contribution in [1.29, 1.82) is 0 Å². The molecule has 1 aromatic heterocycles. The number of nitrogens with two attached hydrogens (primary N) is 1.